The van der Waals surface area contributed by atoms with E-state index in [0.29, 0.717) is 31.3 Å². The molecule has 8 nitrogen and oxygen atoms in total. The molecule has 8 heteroatoms. The molecule has 0 bridgehead atoms. The van der Waals surface area contributed by atoms with E-state index in [4.69, 9.17) is 0 Å². The quantitative estimate of drug-likeness (QED) is 0.675. The number of rotatable bonds is 7. The Kier molecular flexibility index (Phi) is 5.61. The van der Waals surface area contributed by atoms with E-state index in [1.165, 1.54) is 0 Å². The van der Waals surface area contributed by atoms with E-state index in [1.807, 2.05) is 33.8 Å². The van der Waals surface area contributed by atoms with Crippen molar-refractivity contribution in [1.82, 2.24) is 25.1 Å². The van der Waals surface area contributed by atoms with Crippen LogP contribution in [0.5, 0.6) is 0 Å². The highest BCUT2D eigenvalue weighted by Crippen LogP contribution is 2.10. The van der Waals surface area contributed by atoms with Crippen LogP contribution in [0.4, 0.5) is 11.9 Å². The van der Waals surface area contributed by atoms with E-state index in [0.717, 1.165) is 17.2 Å². The van der Waals surface area contributed by atoms with Crippen molar-refractivity contribution < 1.29 is 4.79 Å². The summed E-state index contributed by atoms with van der Waals surface area (Å²) < 4.78 is 0. The predicted octanol–water partition coefficient (Wildman–Crippen LogP) is 2.17. The van der Waals surface area contributed by atoms with Gasteiger partial charge in [0.25, 0.3) is 0 Å². The van der Waals surface area contributed by atoms with Crippen LogP contribution in [0.3, 0.4) is 0 Å². The Balaban J connectivity index is 1.72. The van der Waals surface area contributed by atoms with Crippen molar-refractivity contribution in [2.24, 2.45) is 0 Å². The fourth-order valence-electron chi connectivity index (χ4n) is 2.03. The Morgan fingerprint density at radius 2 is 1.87 bits per heavy atom. The van der Waals surface area contributed by atoms with Gasteiger partial charge in [-0.3, -0.25) is 15.2 Å². The maximum atomic E-state index is 11.8. The third-order valence-electron chi connectivity index (χ3n) is 3.15. The van der Waals surface area contributed by atoms with Crippen molar-refractivity contribution in [3.8, 4) is 0 Å². The minimum Gasteiger partial charge on any atom is -0.354 e. The summed E-state index contributed by atoms with van der Waals surface area (Å²) in [6.45, 7) is 8.49. The number of hydrogen-bond acceptors (Lipinski definition) is 6. The smallest absolute Gasteiger partial charge is 0.248 e. The molecule has 3 N–H and O–H groups in total. The molecule has 124 valence electrons. The minimum absolute atomic E-state index is 0.109. The van der Waals surface area contributed by atoms with Gasteiger partial charge in [-0.1, -0.05) is 13.8 Å². The number of carbonyl (C=O) groups excluding carboxylic acids is 1. The molecule has 2 aromatic rings. The molecule has 2 heterocycles. The van der Waals surface area contributed by atoms with Crippen molar-refractivity contribution in [2.75, 3.05) is 17.2 Å². The van der Waals surface area contributed by atoms with Crippen LogP contribution in [0.15, 0.2) is 6.07 Å². The summed E-state index contributed by atoms with van der Waals surface area (Å²) in [5.41, 5.74) is 1.84. The number of H-pyrrole nitrogens is 1. The molecule has 0 unspecified atom stereocenters. The lowest BCUT2D eigenvalue weighted by Gasteiger charge is -2.06. The number of carbonyl (C=O) groups is 1. The Labute approximate surface area is 135 Å². The molecular formula is C15H23N7O. The lowest BCUT2D eigenvalue weighted by molar-refractivity contribution is -0.116. The lowest BCUT2D eigenvalue weighted by Crippen LogP contribution is -2.15. The molecule has 0 aliphatic carbocycles. The van der Waals surface area contributed by atoms with Gasteiger partial charge in [0.2, 0.25) is 17.8 Å². The third-order valence-corrected chi connectivity index (χ3v) is 3.15. The maximum absolute atomic E-state index is 11.8. The molecule has 0 aliphatic rings. The first kappa shape index (κ1) is 16.9. The summed E-state index contributed by atoms with van der Waals surface area (Å²) in [7, 11) is 0. The van der Waals surface area contributed by atoms with Crippen LogP contribution in [0, 0.1) is 13.8 Å². The zero-order valence-corrected chi connectivity index (χ0v) is 14.0. The number of anilines is 2. The van der Waals surface area contributed by atoms with Gasteiger partial charge in [0.1, 0.15) is 5.82 Å². The van der Waals surface area contributed by atoms with Crippen molar-refractivity contribution in [2.45, 2.75) is 46.5 Å². The molecule has 0 radical (unpaired) electrons. The molecule has 23 heavy (non-hydrogen) atoms. The largest absolute Gasteiger partial charge is 0.354 e. The third kappa shape index (κ3) is 5.32. The van der Waals surface area contributed by atoms with Crippen LogP contribution in [0.25, 0.3) is 0 Å². The first-order valence-corrected chi connectivity index (χ1v) is 7.72. The van der Waals surface area contributed by atoms with Gasteiger partial charge < -0.3 is 5.32 Å². The molecule has 1 amide bonds. The molecular weight excluding hydrogens is 294 g/mol. The zero-order chi connectivity index (χ0) is 16.8. The number of aryl methyl sites for hydroxylation is 2. The number of aromatic nitrogens is 5. The van der Waals surface area contributed by atoms with Crippen LogP contribution < -0.4 is 10.6 Å². The van der Waals surface area contributed by atoms with E-state index in [2.05, 4.69) is 35.8 Å². The highest BCUT2D eigenvalue weighted by Gasteiger charge is 2.09. The van der Waals surface area contributed by atoms with Crippen LogP contribution in [-0.4, -0.2) is 37.6 Å². The number of hydrogen-bond donors (Lipinski definition) is 3. The van der Waals surface area contributed by atoms with Gasteiger partial charge in [-0.15, -0.1) is 5.10 Å². The van der Waals surface area contributed by atoms with E-state index >= 15 is 0 Å². The van der Waals surface area contributed by atoms with E-state index in [-0.39, 0.29) is 11.8 Å². The summed E-state index contributed by atoms with van der Waals surface area (Å²) >= 11 is 0. The Morgan fingerprint density at radius 3 is 2.48 bits per heavy atom. The van der Waals surface area contributed by atoms with Gasteiger partial charge in [-0.2, -0.15) is 4.98 Å². The van der Waals surface area contributed by atoms with Gasteiger partial charge in [-0.05, 0) is 26.3 Å². The molecule has 2 aromatic heterocycles. The van der Waals surface area contributed by atoms with Crippen LogP contribution in [0.2, 0.25) is 0 Å². The standard InChI is InChI=1S/C15H23N7O/c1-9(2)13-20-15(22-21-13)19-12(23)6-5-7-16-14-17-10(3)8-11(4)18-14/h8-9H,5-7H2,1-4H3,(H,16,17,18)(H2,19,20,21,22,23). The second-order valence-electron chi connectivity index (χ2n) is 5.75. The Bertz CT molecular complexity index is 645. The number of nitrogens with one attached hydrogen (secondary N) is 3. The molecule has 0 aliphatic heterocycles. The SMILES string of the molecule is Cc1cc(C)nc(NCCCC(=O)Nc2n[nH]c(C(C)C)n2)n1. The summed E-state index contributed by atoms with van der Waals surface area (Å²) in [6, 6.07) is 1.92. The van der Waals surface area contributed by atoms with E-state index in [1.54, 1.807) is 0 Å². The highest BCUT2D eigenvalue weighted by molar-refractivity contribution is 5.88. The topological polar surface area (TPSA) is 108 Å². The molecule has 0 fully saturated rings. The van der Waals surface area contributed by atoms with Crippen LogP contribution in [0.1, 0.15) is 49.8 Å². The van der Waals surface area contributed by atoms with Gasteiger partial charge in [0, 0.05) is 30.3 Å². The molecule has 2 rings (SSSR count). The fourth-order valence-corrected chi connectivity index (χ4v) is 2.03. The molecule has 0 aromatic carbocycles. The maximum Gasteiger partial charge on any atom is 0.248 e. The fraction of sp³-hybridized carbons (Fsp3) is 0.533. The second kappa shape index (κ2) is 7.66. The first-order valence-electron chi connectivity index (χ1n) is 7.72. The molecule has 0 atom stereocenters. The van der Waals surface area contributed by atoms with Crippen LogP contribution in [-0.2, 0) is 4.79 Å². The summed E-state index contributed by atoms with van der Waals surface area (Å²) in [6.07, 6.45) is 1.05. The van der Waals surface area contributed by atoms with E-state index in [9.17, 15) is 4.79 Å². The van der Waals surface area contributed by atoms with Gasteiger partial charge in [0.05, 0.1) is 0 Å². The van der Waals surface area contributed by atoms with Crippen molar-refractivity contribution >= 4 is 17.8 Å². The van der Waals surface area contributed by atoms with Crippen molar-refractivity contribution in [3.63, 3.8) is 0 Å². The first-order chi connectivity index (χ1) is 10.9. The van der Waals surface area contributed by atoms with E-state index < -0.39 is 0 Å². The number of nitrogens with zero attached hydrogens (tertiary/aromatic N) is 4. The normalized spacial score (nSPS) is 10.8. The summed E-state index contributed by atoms with van der Waals surface area (Å²) in [5, 5.41) is 12.6. The zero-order valence-electron chi connectivity index (χ0n) is 14.0. The van der Waals surface area contributed by atoms with Crippen molar-refractivity contribution in [1.29, 1.82) is 0 Å². The second-order valence-corrected chi connectivity index (χ2v) is 5.75. The lowest BCUT2D eigenvalue weighted by atomic mass is 10.2. The summed E-state index contributed by atoms with van der Waals surface area (Å²) in [4.78, 5) is 24.6. The molecule has 0 spiro atoms. The number of aromatic amines is 1. The minimum atomic E-state index is -0.109. The Morgan fingerprint density at radius 1 is 1.17 bits per heavy atom. The molecule has 0 saturated heterocycles. The van der Waals surface area contributed by atoms with Crippen molar-refractivity contribution in [3.05, 3.63) is 23.3 Å². The summed E-state index contributed by atoms with van der Waals surface area (Å²) in [5.74, 6) is 1.81. The number of amides is 1. The average molecular weight is 317 g/mol. The Hall–Kier alpha value is -2.51. The van der Waals surface area contributed by atoms with Gasteiger partial charge >= 0.3 is 0 Å². The van der Waals surface area contributed by atoms with Crippen LogP contribution >= 0.6 is 0 Å². The van der Waals surface area contributed by atoms with Gasteiger partial charge in [0.15, 0.2) is 0 Å². The monoisotopic (exact) mass is 317 g/mol. The molecule has 0 saturated carbocycles. The highest BCUT2D eigenvalue weighted by atomic mass is 16.1. The average Bonchev–Trinajstić information content (AvgIpc) is 2.91. The van der Waals surface area contributed by atoms with Gasteiger partial charge in [-0.25, -0.2) is 9.97 Å². The predicted molar refractivity (Wildman–Crippen MR) is 88.3 cm³/mol.